The Morgan fingerprint density at radius 1 is 0.892 bits per heavy atom. The first-order valence-electron chi connectivity index (χ1n) is 12.2. The maximum atomic E-state index is 14.3. The van der Waals surface area contributed by atoms with E-state index in [1.54, 1.807) is 56.7 Å². The first-order chi connectivity index (χ1) is 18.0. The van der Waals surface area contributed by atoms with Crippen LogP contribution in [0.1, 0.15) is 32.8 Å². The predicted octanol–water partition coefficient (Wildman–Crippen LogP) is 4.03. The minimum absolute atomic E-state index is 0.00546. The van der Waals surface area contributed by atoms with Gasteiger partial charge in [-0.25, -0.2) is 0 Å². The van der Waals surface area contributed by atoms with Gasteiger partial charge >= 0.3 is 0 Å². The minimum Gasteiger partial charge on any atom is -0.495 e. The highest BCUT2D eigenvalue weighted by atomic mass is 32.1. The van der Waals surface area contributed by atoms with Crippen molar-refractivity contribution in [3.05, 3.63) is 69.9 Å². The van der Waals surface area contributed by atoms with Crippen molar-refractivity contribution in [3.8, 4) is 17.2 Å². The molecule has 3 heterocycles. The van der Waals surface area contributed by atoms with Crippen molar-refractivity contribution in [3.63, 3.8) is 0 Å². The Kier molecular flexibility index (Phi) is 6.97. The summed E-state index contributed by atoms with van der Waals surface area (Å²) < 4.78 is 16.6. The highest BCUT2D eigenvalue weighted by Crippen LogP contribution is 2.47. The molecule has 0 aliphatic carbocycles. The minimum atomic E-state index is -0.561. The second-order valence-electron chi connectivity index (χ2n) is 9.13. The maximum absolute atomic E-state index is 14.3. The van der Waals surface area contributed by atoms with E-state index in [4.69, 9.17) is 14.2 Å². The van der Waals surface area contributed by atoms with Crippen LogP contribution in [0.15, 0.2) is 53.9 Å². The summed E-state index contributed by atoms with van der Waals surface area (Å²) in [5, 5.41) is 1.98. The average molecular weight is 522 g/mol. The number of thiophene rings is 1. The molecule has 3 aromatic rings. The lowest BCUT2D eigenvalue weighted by Gasteiger charge is -2.43. The Morgan fingerprint density at radius 3 is 2.22 bits per heavy atom. The molecule has 0 N–H and O–H groups in total. The lowest BCUT2D eigenvalue weighted by Crippen LogP contribution is -2.53. The first kappa shape index (κ1) is 25.0. The fraction of sp³-hybridized carbons (Fsp3) is 0.357. The smallest absolute Gasteiger partial charge is 0.254 e. The van der Waals surface area contributed by atoms with Gasteiger partial charge in [-0.3, -0.25) is 9.59 Å². The Labute approximate surface area is 220 Å². The average Bonchev–Trinajstić information content (AvgIpc) is 3.48. The number of nitrogens with zero attached hydrogens (tertiary/aromatic N) is 3. The molecule has 2 atom stereocenters. The number of hydrogen-bond donors (Lipinski definition) is 0. The molecule has 2 aliphatic rings. The summed E-state index contributed by atoms with van der Waals surface area (Å²) in [5.41, 5.74) is 2.18. The number of amides is 2. The summed E-state index contributed by atoms with van der Waals surface area (Å²) in [6.07, 6.45) is 0. The molecule has 0 radical (unpaired) electrons. The van der Waals surface area contributed by atoms with E-state index in [1.165, 1.54) is 0 Å². The van der Waals surface area contributed by atoms with Gasteiger partial charge < -0.3 is 28.9 Å². The van der Waals surface area contributed by atoms with Gasteiger partial charge in [0.05, 0.1) is 39.0 Å². The number of benzene rings is 2. The van der Waals surface area contributed by atoms with Gasteiger partial charge in [-0.2, -0.15) is 0 Å². The zero-order valence-electron chi connectivity index (χ0n) is 21.5. The van der Waals surface area contributed by atoms with E-state index in [9.17, 15) is 9.59 Å². The number of piperazine rings is 1. The molecule has 0 saturated carbocycles. The fourth-order valence-corrected chi connectivity index (χ4v) is 6.29. The predicted molar refractivity (Wildman–Crippen MR) is 143 cm³/mol. The van der Waals surface area contributed by atoms with E-state index in [2.05, 4.69) is 4.90 Å². The summed E-state index contributed by atoms with van der Waals surface area (Å²) in [6, 6.07) is 15.0. The van der Waals surface area contributed by atoms with Gasteiger partial charge in [0, 0.05) is 43.7 Å². The molecule has 8 nitrogen and oxygen atoms in total. The molecule has 0 spiro atoms. The highest BCUT2D eigenvalue weighted by Gasteiger charge is 2.45. The molecule has 2 aliphatic heterocycles. The number of rotatable bonds is 6. The number of carbonyl (C=O) groups is 2. The van der Waals surface area contributed by atoms with Crippen molar-refractivity contribution in [2.45, 2.75) is 12.0 Å². The normalized spacial score (nSPS) is 19.5. The van der Waals surface area contributed by atoms with Crippen LogP contribution in [0.25, 0.3) is 0 Å². The molecule has 194 valence electrons. The third kappa shape index (κ3) is 4.37. The molecule has 9 heteroatoms. The number of likely N-dealkylation sites (N-methyl/N-ethyl adjacent to an activating group) is 1. The lowest BCUT2D eigenvalue weighted by atomic mass is 9.81. The molecular weight excluding hydrogens is 490 g/mol. The molecule has 5 rings (SSSR count). The summed E-state index contributed by atoms with van der Waals surface area (Å²) in [7, 11) is 6.54. The summed E-state index contributed by atoms with van der Waals surface area (Å²) in [6.45, 7) is 2.53. The zero-order chi connectivity index (χ0) is 26.1. The van der Waals surface area contributed by atoms with Crippen molar-refractivity contribution in [2.75, 3.05) is 59.5 Å². The Morgan fingerprint density at radius 2 is 1.57 bits per heavy atom. The van der Waals surface area contributed by atoms with Gasteiger partial charge in [0.15, 0.2) is 11.5 Å². The molecule has 2 amide bonds. The van der Waals surface area contributed by atoms with Crippen LogP contribution in [0, 0.1) is 0 Å². The van der Waals surface area contributed by atoms with Crippen molar-refractivity contribution >= 4 is 28.8 Å². The van der Waals surface area contributed by atoms with E-state index >= 15 is 0 Å². The topological polar surface area (TPSA) is 71.6 Å². The van der Waals surface area contributed by atoms with Crippen LogP contribution >= 0.6 is 11.3 Å². The van der Waals surface area contributed by atoms with Crippen molar-refractivity contribution in [1.82, 2.24) is 9.80 Å². The van der Waals surface area contributed by atoms with Crippen molar-refractivity contribution < 1.29 is 23.8 Å². The number of methoxy groups -OCH3 is 3. The number of ether oxygens (including phenoxy) is 3. The zero-order valence-corrected chi connectivity index (χ0v) is 22.3. The molecule has 37 heavy (non-hydrogen) atoms. The number of fused-ring (bicyclic) bond motifs is 1. The molecule has 1 fully saturated rings. The second-order valence-corrected chi connectivity index (χ2v) is 10.1. The van der Waals surface area contributed by atoms with Crippen LogP contribution in [0.2, 0.25) is 0 Å². The number of anilines is 1. The van der Waals surface area contributed by atoms with Crippen LogP contribution < -0.4 is 19.1 Å². The summed E-state index contributed by atoms with van der Waals surface area (Å²) in [4.78, 5) is 34.6. The summed E-state index contributed by atoms with van der Waals surface area (Å²) in [5.74, 6) is 1.10. The molecule has 2 unspecified atom stereocenters. The van der Waals surface area contributed by atoms with Gasteiger partial charge in [0.1, 0.15) is 5.75 Å². The van der Waals surface area contributed by atoms with E-state index in [-0.39, 0.29) is 11.8 Å². The molecule has 1 aromatic heterocycles. The maximum Gasteiger partial charge on any atom is 0.254 e. The van der Waals surface area contributed by atoms with E-state index in [0.29, 0.717) is 48.8 Å². The van der Waals surface area contributed by atoms with Crippen LogP contribution in [0.5, 0.6) is 17.2 Å². The Hall–Kier alpha value is -3.72. The van der Waals surface area contributed by atoms with Gasteiger partial charge in [0.25, 0.3) is 5.91 Å². The first-order valence-corrected chi connectivity index (χ1v) is 13.1. The number of hydrogen-bond acceptors (Lipinski definition) is 7. The number of carbonyl (C=O) groups excluding carboxylic acids is 2. The third-order valence-corrected chi connectivity index (χ3v) is 8.24. The molecule has 2 aromatic carbocycles. The highest BCUT2D eigenvalue weighted by molar-refractivity contribution is 7.10. The SMILES string of the molecule is COc1cc2c(cc1OC)C(C(=O)N1CCN(c3ccccc3OC)CC1)C(c1cccs1)N(C)C2=O. The van der Waals surface area contributed by atoms with Gasteiger partial charge in [0.2, 0.25) is 5.91 Å². The van der Waals surface area contributed by atoms with Crippen LogP contribution in [-0.4, -0.2) is 76.2 Å². The van der Waals surface area contributed by atoms with Crippen LogP contribution in [0.3, 0.4) is 0 Å². The van der Waals surface area contributed by atoms with Crippen molar-refractivity contribution in [1.29, 1.82) is 0 Å². The molecular formula is C28H31N3O5S. The second kappa shape index (κ2) is 10.3. The molecule has 1 saturated heterocycles. The third-order valence-electron chi connectivity index (χ3n) is 7.29. The standard InChI is InChI=1S/C28H31N3O5S/c1-29-26(24-10-7-15-37-24)25(18-16-22(35-3)23(36-4)17-19(18)27(29)32)28(33)31-13-11-30(12-14-31)20-8-5-6-9-21(20)34-2/h5-10,15-17,25-26H,11-14H2,1-4H3. The van der Waals surface area contributed by atoms with Gasteiger partial charge in [-0.15, -0.1) is 11.3 Å². The summed E-state index contributed by atoms with van der Waals surface area (Å²) >= 11 is 1.55. The molecule has 0 bridgehead atoms. The Bertz CT molecular complexity index is 1290. The van der Waals surface area contributed by atoms with E-state index in [0.717, 1.165) is 16.3 Å². The monoisotopic (exact) mass is 521 g/mol. The number of para-hydroxylation sites is 2. The van der Waals surface area contributed by atoms with Gasteiger partial charge in [-0.1, -0.05) is 18.2 Å². The van der Waals surface area contributed by atoms with Crippen LogP contribution in [0.4, 0.5) is 5.69 Å². The van der Waals surface area contributed by atoms with Crippen molar-refractivity contribution in [2.24, 2.45) is 0 Å². The van der Waals surface area contributed by atoms with Crippen LogP contribution in [-0.2, 0) is 4.79 Å². The Balaban J connectivity index is 1.50. The van der Waals surface area contributed by atoms with Gasteiger partial charge in [-0.05, 0) is 41.3 Å². The lowest BCUT2D eigenvalue weighted by molar-refractivity contribution is -0.134. The quantitative estimate of drug-likeness (QED) is 0.488. The largest absolute Gasteiger partial charge is 0.495 e. The fourth-order valence-electron chi connectivity index (χ4n) is 5.39. The van der Waals surface area contributed by atoms with E-state index in [1.807, 2.05) is 46.7 Å². The van der Waals surface area contributed by atoms with E-state index < -0.39 is 12.0 Å².